The number of rotatable bonds is 4. The van der Waals surface area contributed by atoms with Crippen LogP contribution in [0.3, 0.4) is 0 Å². The number of pyridine rings is 1. The molecule has 0 saturated heterocycles. The van der Waals surface area contributed by atoms with E-state index >= 15 is 0 Å². The van der Waals surface area contributed by atoms with Gasteiger partial charge in [0.15, 0.2) is 0 Å². The van der Waals surface area contributed by atoms with Gasteiger partial charge < -0.3 is 4.40 Å². The molecule has 1 aliphatic rings. The van der Waals surface area contributed by atoms with Crippen LogP contribution in [0, 0.1) is 41.6 Å². The normalized spacial score (nSPS) is 23.8. The molecule has 1 aliphatic carbocycles. The largest absolute Gasteiger partial charge is 0.340 e. The second-order valence-electron chi connectivity index (χ2n) is 11.2. The number of imidazole rings is 1. The Hall–Kier alpha value is -1.70. The van der Waals surface area contributed by atoms with E-state index < -0.39 is 0 Å². The molecule has 1 saturated carbocycles. The van der Waals surface area contributed by atoms with E-state index in [9.17, 15) is 0 Å². The van der Waals surface area contributed by atoms with Gasteiger partial charge in [-0.15, -0.1) is 29.7 Å². The third-order valence-electron chi connectivity index (χ3n) is 8.40. The first-order valence-electron chi connectivity index (χ1n) is 12.6. The predicted molar refractivity (Wildman–Crippen MR) is 136 cm³/mol. The number of nitrogens with zero attached hydrogens (tertiary/aromatic N) is 2. The van der Waals surface area contributed by atoms with Crippen LogP contribution in [0.2, 0.25) is 0 Å². The molecule has 33 heavy (non-hydrogen) atoms. The van der Waals surface area contributed by atoms with E-state index in [2.05, 4.69) is 93.5 Å². The molecule has 3 heteroatoms. The molecule has 1 fully saturated rings. The summed E-state index contributed by atoms with van der Waals surface area (Å²) in [6, 6.07) is 17.1. The van der Waals surface area contributed by atoms with Crippen molar-refractivity contribution in [2.24, 2.45) is 35.5 Å². The first-order chi connectivity index (χ1) is 15.4. The monoisotopic (exact) mass is 618 g/mol. The van der Waals surface area contributed by atoms with Gasteiger partial charge in [0.2, 0.25) is 0 Å². The number of benzene rings is 2. The van der Waals surface area contributed by atoms with Crippen LogP contribution in [-0.2, 0) is 20.1 Å². The summed E-state index contributed by atoms with van der Waals surface area (Å²) in [6.45, 7) is 14.6. The summed E-state index contributed by atoms with van der Waals surface area (Å²) in [4.78, 5) is 4.64. The fraction of sp³-hybridized carbons (Fsp3) is 0.500. The van der Waals surface area contributed by atoms with Crippen LogP contribution in [0.5, 0.6) is 0 Å². The first kappa shape index (κ1) is 24.4. The molecular formula is C30H37IrN2-. The van der Waals surface area contributed by atoms with Crippen molar-refractivity contribution in [3.63, 3.8) is 0 Å². The van der Waals surface area contributed by atoms with Crippen LogP contribution in [0.4, 0.5) is 0 Å². The first-order valence-corrected chi connectivity index (χ1v) is 12.6. The second-order valence-corrected chi connectivity index (χ2v) is 11.2. The molecule has 2 heterocycles. The number of hydrogen-bond acceptors (Lipinski definition) is 1. The maximum absolute atomic E-state index is 4.64. The van der Waals surface area contributed by atoms with Crippen molar-refractivity contribution in [2.75, 3.05) is 0 Å². The summed E-state index contributed by atoms with van der Waals surface area (Å²) in [5.41, 5.74) is 3.77. The SMILES string of the molecule is CC(C)C1CC(C(C)C)C(c2ccc3c(c2)c2ccc[c-]c2c2nccn32)C(C(C)C)C1.[Ir]. The zero-order chi connectivity index (χ0) is 22.6. The van der Waals surface area contributed by atoms with Crippen LogP contribution in [0.25, 0.3) is 27.3 Å². The van der Waals surface area contributed by atoms with Gasteiger partial charge in [0.1, 0.15) is 0 Å². The molecule has 0 bridgehead atoms. The van der Waals surface area contributed by atoms with Gasteiger partial charge >= 0.3 is 0 Å². The van der Waals surface area contributed by atoms with E-state index in [0.717, 1.165) is 34.7 Å². The van der Waals surface area contributed by atoms with Gasteiger partial charge in [-0.25, -0.2) is 0 Å². The minimum atomic E-state index is 0. The maximum Gasteiger partial charge on any atom is 0.0608 e. The van der Waals surface area contributed by atoms with Crippen molar-refractivity contribution in [2.45, 2.75) is 60.3 Å². The van der Waals surface area contributed by atoms with E-state index in [-0.39, 0.29) is 20.1 Å². The summed E-state index contributed by atoms with van der Waals surface area (Å²) in [6.07, 6.45) is 6.70. The fourth-order valence-electron chi connectivity index (χ4n) is 6.53. The standard InChI is InChI=1S/C30H37N2.Ir/c1-18(2)22-16-25(19(3)4)29(26(17-22)20(5)6)21-11-12-28-27(15-21)23-9-7-8-10-24(23)30-31-13-14-32(28)30;/h7-9,11-15,18-20,22,25-26,29H,16-17H2,1-6H3;/q-1;. The van der Waals surface area contributed by atoms with E-state index in [1.54, 1.807) is 0 Å². The van der Waals surface area contributed by atoms with Crippen molar-refractivity contribution in [3.8, 4) is 0 Å². The van der Waals surface area contributed by atoms with Gasteiger partial charge in [-0.3, -0.25) is 4.98 Å². The molecule has 0 N–H and O–H groups in total. The second kappa shape index (κ2) is 9.51. The minimum Gasteiger partial charge on any atom is -0.340 e. The summed E-state index contributed by atoms with van der Waals surface area (Å²) in [5.74, 6) is 5.08. The van der Waals surface area contributed by atoms with Crippen LogP contribution in [0.1, 0.15) is 65.9 Å². The van der Waals surface area contributed by atoms with Crippen LogP contribution < -0.4 is 0 Å². The summed E-state index contributed by atoms with van der Waals surface area (Å²) >= 11 is 0. The molecule has 2 unspecified atom stereocenters. The Morgan fingerprint density at radius 1 is 0.909 bits per heavy atom. The number of aromatic nitrogens is 2. The number of hydrogen-bond donors (Lipinski definition) is 0. The van der Waals surface area contributed by atoms with Crippen molar-refractivity contribution < 1.29 is 20.1 Å². The molecule has 2 nitrogen and oxygen atoms in total. The third-order valence-corrected chi connectivity index (χ3v) is 8.40. The van der Waals surface area contributed by atoms with Crippen molar-refractivity contribution >= 4 is 27.3 Å². The van der Waals surface area contributed by atoms with E-state index in [4.69, 9.17) is 0 Å². The van der Waals surface area contributed by atoms with Gasteiger partial charge in [0, 0.05) is 38.0 Å². The van der Waals surface area contributed by atoms with Crippen molar-refractivity contribution in [3.05, 3.63) is 60.4 Å². The Labute approximate surface area is 212 Å². The van der Waals surface area contributed by atoms with Gasteiger partial charge in [-0.1, -0.05) is 59.1 Å². The molecule has 2 atom stereocenters. The summed E-state index contributed by atoms with van der Waals surface area (Å²) in [7, 11) is 0. The Balaban J connectivity index is 0.00000259. The Morgan fingerprint density at radius 3 is 2.24 bits per heavy atom. The van der Waals surface area contributed by atoms with Crippen LogP contribution in [-0.4, -0.2) is 9.38 Å². The summed E-state index contributed by atoms with van der Waals surface area (Å²) in [5, 5.41) is 3.71. The summed E-state index contributed by atoms with van der Waals surface area (Å²) < 4.78 is 2.23. The minimum absolute atomic E-state index is 0. The van der Waals surface area contributed by atoms with Crippen molar-refractivity contribution in [1.29, 1.82) is 0 Å². The third kappa shape index (κ3) is 4.17. The predicted octanol–water partition coefficient (Wildman–Crippen LogP) is 8.13. The Kier molecular flexibility index (Phi) is 7.04. The molecule has 5 rings (SSSR count). The molecule has 1 radical (unpaired) electrons. The molecular weight excluding hydrogens is 581 g/mol. The van der Waals surface area contributed by atoms with Gasteiger partial charge in [-0.2, -0.15) is 0 Å². The molecule has 0 amide bonds. The van der Waals surface area contributed by atoms with Gasteiger partial charge in [0.25, 0.3) is 0 Å². The van der Waals surface area contributed by atoms with E-state index in [1.807, 2.05) is 12.3 Å². The zero-order valence-corrected chi connectivity index (χ0v) is 23.2. The molecule has 4 aromatic rings. The molecule has 2 aromatic carbocycles. The quantitative estimate of drug-likeness (QED) is 0.167. The molecule has 177 valence electrons. The van der Waals surface area contributed by atoms with Gasteiger partial charge in [0.05, 0.1) is 5.65 Å². The molecule has 0 spiro atoms. The van der Waals surface area contributed by atoms with E-state index in [0.29, 0.717) is 17.8 Å². The molecule has 0 aliphatic heterocycles. The topological polar surface area (TPSA) is 17.3 Å². The fourth-order valence-corrected chi connectivity index (χ4v) is 6.53. The molecule has 2 aromatic heterocycles. The zero-order valence-electron chi connectivity index (χ0n) is 20.8. The average Bonchev–Trinajstić information content (AvgIpc) is 3.28. The van der Waals surface area contributed by atoms with Gasteiger partial charge in [-0.05, 0) is 71.3 Å². The van der Waals surface area contributed by atoms with E-state index in [1.165, 1.54) is 34.7 Å². The Bertz CT molecular complexity index is 1230. The number of fused-ring (bicyclic) bond motifs is 6. The Morgan fingerprint density at radius 2 is 1.61 bits per heavy atom. The smallest absolute Gasteiger partial charge is 0.0608 e. The van der Waals surface area contributed by atoms with Crippen molar-refractivity contribution in [1.82, 2.24) is 9.38 Å². The van der Waals surface area contributed by atoms with Crippen LogP contribution >= 0.6 is 0 Å². The van der Waals surface area contributed by atoms with Crippen LogP contribution in [0.15, 0.2) is 48.8 Å². The maximum atomic E-state index is 4.64. The average molecular weight is 618 g/mol.